The lowest BCUT2D eigenvalue weighted by molar-refractivity contribution is 0.166. The number of hydrogen-bond donors (Lipinski definition) is 1. The standard InChI is InChI=1S/C14H23NO/c1-5-9-15-13(10-16-4)14-11(2)7-6-8-12(14)3/h6-8,13,15H,5,9-10H2,1-4H3. The van der Waals surface area contributed by atoms with E-state index in [4.69, 9.17) is 4.74 Å². The maximum absolute atomic E-state index is 5.30. The zero-order valence-corrected chi connectivity index (χ0v) is 10.8. The van der Waals surface area contributed by atoms with Crippen LogP contribution in [0.25, 0.3) is 0 Å². The number of hydrogen-bond acceptors (Lipinski definition) is 2. The lowest BCUT2D eigenvalue weighted by Gasteiger charge is -2.22. The molecule has 0 fully saturated rings. The molecule has 0 saturated carbocycles. The normalized spacial score (nSPS) is 12.8. The van der Waals surface area contributed by atoms with E-state index in [9.17, 15) is 0 Å². The van der Waals surface area contributed by atoms with E-state index in [1.807, 2.05) is 0 Å². The van der Waals surface area contributed by atoms with Crippen LogP contribution < -0.4 is 5.32 Å². The predicted molar refractivity (Wildman–Crippen MR) is 68.8 cm³/mol. The molecule has 0 aliphatic heterocycles. The molecule has 90 valence electrons. The Morgan fingerprint density at radius 3 is 2.38 bits per heavy atom. The Bertz CT molecular complexity index is 302. The second-order valence-corrected chi connectivity index (χ2v) is 4.27. The van der Waals surface area contributed by atoms with Crippen molar-refractivity contribution in [3.63, 3.8) is 0 Å². The summed E-state index contributed by atoms with van der Waals surface area (Å²) in [5.41, 5.74) is 4.06. The summed E-state index contributed by atoms with van der Waals surface area (Å²) in [4.78, 5) is 0. The number of rotatable bonds is 6. The average molecular weight is 221 g/mol. The van der Waals surface area contributed by atoms with Gasteiger partial charge in [-0.2, -0.15) is 0 Å². The minimum absolute atomic E-state index is 0.311. The van der Waals surface area contributed by atoms with Crippen LogP contribution >= 0.6 is 0 Å². The van der Waals surface area contributed by atoms with Gasteiger partial charge in [0.15, 0.2) is 0 Å². The topological polar surface area (TPSA) is 21.3 Å². The summed E-state index contributed by atoms with van der Waals surface area (Å²) in [6, 6.07) is 6.75. The van der Waals surface area contributed by atoms with Crippen LogP contribution in [-0.4, -0.2) is 20.3 Å². The number of benzene rings is 1. The van der Waals surface area contributed by atoms with Crippen molar-refractivity contribution in [2.75, 3.05) is 20.3 Å². The molecule has 0 aliphatic carbocycles. The first-order valence-corrected chi connectivity index (χ1v) is 5.99. The monoisotopic (exact) mass is 221 g/mol. The van der Waals surface area contributed by atoms with Crippen LogP contribution in [0.5, 0.6) is 0 Å². The fraction of sp³-hybridized carbons (Fsp3) is 0.571. The summed E-state index contributed by atoms with van der Waals surface area (Å²) in [5, 5.41) is 3.54. The second-order valence-electron chi connectivity index (χ2n) is 4.27. The van der Waals surface area contributed by atoms with Gasteiger partial charge in [-0.3, -0.25) is 0 Å². The zero-order valence-electron chi connectivity index (χ0n) is 10.8. The van der Waals surface area contributed by atoms with Gasteiger partial charge in [-0.1, -0.05) is 25.1 Å². The molecule has 1 aromatic carbocycles. The summed E-state index contributed by atoms with van der Waals surface area (Å²) in [7, 11) is 1.76. The molecule has 0 amide bonds. The number of aryl methyl sites for hydroxylation is 2. The Balaban J connectivity index is 2.90. The highest BCUT2D eigenvalue weighted by Gasteiger charge is 2.14. The third-order valence-corrected chi connectivity index (χ3v) is 2.86. The van der Waals surface area contributed by atoms with Gasteiger partial charge in [-0.15, -0.1) is 0 Å². The molecule has 0 spiro atoms. The van der Waals surface area contributed by atoms with Gasteiger partial charge in [0.1, 0.15) is 0 Å². The van der Waals surface area contributed by atoms with Crippen molar-refractivity contribution in [1.82, 2.24) is 5.32 Å². The van der Waals surface area contributed by atoms with E-state index >= 15 is 0 Å². The fourth-order valence-corrected chi connectivity index (χ4v) is 2.11. The minimum atomic E-state index is 0.311. The van der Waals surface area contributed by atoms with Gasteiger partial charge in [0.25, 0.3) is 0 Å². The summed E-state index contributed by atoms with van der Waals surface area (Å²) < 4.78 is 5.30. The summed E-state index contributed by atoms with van der Waals surface area (Å²) in [6.45, 7) is 8.27. The van der Waals surface area contributed by atoms with E-state index in [0.717, 1.165) is 19.6 Å². The molecule has 1 atom stereocenters. The van der Waals surface area contributed by atoms with E-state index in [1.165, 1.54) is 16.7 Å². The smallest absolute Gasteiger partial charge is 0.0657 e. The minimum Gasteiger partial charge on any atom is -0.383 e. The molecule has 1 unspecified atom stereocenters. The molecule has 0 aliphatic rings. The van der Waals surface area contributed by atoms with E-state index in [1.54, 1.807) is 7.11 Å². The van der Waals surface area contributed by atoms with Crippen LogP contribution in [0.15, 0.2) is 18.2 Å². The van der Waals surface area contributed by atoms with Gasteiger partial charge in [0.05, 0.1) is 12.6 Å². The largest absolute Gasteiger partial charge is 0.383 e. The van der Waals surface area contributed by atoms with Gasteiger partial charge in [-0.05, 0) is 43.5 Å². The van der Waals surface area contributed by atoms with Gasteiger partial charge < -0.3 is 10.1 Å². The van der Waals surface area contributed by atoms with E-state index in [-0.39, 0.29) is 0 Å². The van der Waals surface area contributed by atoms with Crippen LogP contribution in [0.2, 0.25) is 0 Å². The Morgan fingerprint density at radius 1 is 1.25 bits per heavy atom. The first kappa shape index (κ1) is 13.2. The molecule has 1 N–H and O–H groups in total. The first-order valence-electron chi connectivity index (χ1n) is 5.99. The lowest BCUT2D eigenvalue weighted by atomic mass is 9.96. The van der Waals surface area contributed by atoms with Crippen molar-refractivity contribution in [3.05, 3.63) is 34.9 Å². The maximum atomic E-state index is 5.30. The first-order chi connectivity index (χ1) is 7.70. The van der Waals surface area contributed by atoms with Crippen molar-refractivity contribution in [3.8, 4) is 0 Å². The molecule has 0 radical (unpaired) electrons. The van der Waals surface area contributed by atoms with Crippen molar-refractivity contribution < 1.29 is 4.74 Å². The Labute approximate surface area is 99.0 Å². The van der Waals surface area contributed by atoms with Crippen LogP contribution in [0.3, 0.4) is 0 Å². The predicted octanol–water partition coefficient (Wildman–Crippen LogP) is 2.99. The van der Waals surface area contributed by atoms with Crippen LogP contribution in [-0.2, 0) is 4.74 Å². The molecule has 16 heavy (non-hydrogen) atoms. The quantitative estimate of drug-likeness (QED) is 0.797. The molecule has 0 heterocycles. The van der Waals surface area contributed by atoms with E-state index < -0.39 is 0 Å². The summed E-state index contributed by atoms with van der Waals surface area (Å²) >= 11 is 0. The molecule has 0 aromatic heterocycles. The van der Waals surface area contributed by atoms with E-state index in [2.05, 4.69) is 44.3 Å². The Kier molecular flexibility index (Phi) is 5.50. The molecule has 1 aromatic rings. The van der Waals surface area contributed by atoms with Gasteiger partial charge in [0, 0.05) is 7.11 Å². The van der Waals surface area contributed by atoms with Gasteiger partial charge in [0.2, 0.25) is 0 Å². The lowest BCUT2D eigenvalue weighted by Crippen LogP contribution is -2.27. The highest BCUT2D eigenvalue weighted by atomic mass is 16.5. The van der Waals surface area contributed by atoms with E-state index in [0.29, 0.717) is 6.04 Å². The number of methoxy groups -OCH3 is 1. The maximum Gasteiger partial charge on any atom is 0.0657 e. The molecule has 2 nitrogen and oxygen atoms in total. The van der Waals surface area contributed by atoms with Gasteiger partial charge in [-0.25, -0.2) is 0 Å². The van der Waals surface area contributed by atoms with Crippen molar-refractivity contribution >= 4 is 0 Å². The average Bonchev–Trinajstić information content (AvgIpc) is 2.25. The van der Waals surface area contributed by atoms with Crippen molar-refractivity contribution in [1.29, 1.82) is 0 Å². The second kappa shape index (κ2) is 6.66. The van der Waals surface area contributed by atoms with Crippen LogP contribution in [0.4, 0.5) is 0 Å². The third kappa shape index (κ3) is 3.32. The molecule has 2 heteroatoms. The Morgan fingerprint density at radius 2 is 1.88 bits per heavy atom. The third-order valence-electron chi connectivity index (χ3n) is 2.86. The van der Waals surface area contributed by atoms with Crippen LogP contribution in [0.1, 0.15) is 36.1 Å². The number of ether oxygens (including phenoxy) is 1. The van der Waals surface area contributed by atoms with Gasteiger partial charge >= 0.3 is 0 Å². The fourth-order valence-electron chi connectivity index (χ4n) is 2.11. The SMILES string of the molecule is CCCNC(COC)c1c(C)cccc1C. The molecular weight excluding hydrogens is 198 g/mol. The molecule has 1 rings (SSSR count). The summed E-state index contributed by atoms with van der Waals surface area (Å²) in [6.07, 6.45) is 1.14. The van der Waals surface area contributed by atoms with Crippen molar-refractivity contribution in [2.45, 2.75) is 33.2 Å². The zero-order chi connectivity index (χ0) is 12.0. The van der Waals surface area contributed by atoms with Crippen molar-refractivity contribution in [2.24, 2.45) is 0 Å². The molecular formula is C14H23NO. The molecule has 0 saturated heterocycles. The highest BCUT2D eigenvalue weighted by Crippen LogP contribution is 2.22. The number of nitrogens with one attached hydrogen (secondary N) is 1. The Hall–Kier alpha value is -0.860. The summed E-state index contributed by atoms with van der Waals surface area (Å²) in [5.74, 6) is 0. The molecule has 0 bridgehead atoms. The van der Waals surface area contributed by atoms with Crippen LogP contribution in [0, 0.1) is 13.8 Å². The highest BCUT2D eigenvalue weighted by molar-refractivity contribution is 5.36.